The molecule has 0 aromatic carbocycles. The van der Waals surface area contributed by atoms with Crippen LogP contribution in [0.5, 0.6) is 0 Å². The van der Waals surface area contributed by atoms with E-state index < -0.39 is 71.9 Å². The molecule has 3 fully saturated rings. The zero-order valence-electron chi connectivity index (χ0n) is 28.4. The molecule has 242 valence electrons. The quantitative estimate of drug-likeness (QED) is 0.207. The Kier molecular flexibility index (Phi) is 9.57. The number of rotatable bonds is 9. The van der Waals surface area contributed by atoms with Crippen LogP contribution in [-0.2, 0) is 23.5 Å². The van der Waals surface area contributed by atoms with E-state index >= 15 is 0 Å². The number of hydrogen-bond acceptors (Lipinski definition) is 8. The maximum atomic E-state index is 14.5. The molecule has 0 amide bonds. The molecule has 0 aromatic heterocycles. The second kappa shape index (κ2) is 11.4. The third-order valence-electron chi connectivity index (χ3n) is 11.7. The van der Waals surface area contributed by atoms with E-state index in [1.165, 1.54) is 0 Å². The van der Waals surface area contributed by atoms with Gasteiger partial charge in [-0.3, -0.25) is 9.59 Å². The maximum absolute atomic E-state index is 14.5. The van der Waals surface area contributed by atoms with Crippen molar-refractivity contribution in [1.29, 1.82) is 0 Å². The first-order valence-corrected chi connectivity index (χ1v) is 18.8. The molecule has 8 atom stereocenters. The lowest BCUT2D eigenvalue weighted by molar-refractivity contribution is -0.369. The zero-order valence-corrected chi connectivity index (χ0v) is 29.4. The smallest absolute Gasteiger partial charge is 0.307 e. The van der Waals surface area contributed by atoms with Crippen molar-refractivity contribution in [2.45, 2.75) is 148 Å². The number of ether oxygens (including phenoxy) is 2. The number of aliphatic hydroxyl groups excluding tert-OH is 1. The van der Waals surface area contributed by atoms with Gasteiger partial charge in [-0.05, 0) is 63.3 Å². The molecule has 2 aliphatic carbocycles. The SMILES string of the molecule is C=C[C@@]1(C)CC(=O)[C@]2(O)[C@@]3(C)[C@@H](O[Si](C)(C)C(C)(C)C)CCC(C)(C)[C@@H]3[C@H](O)[C@H](OC(=O)CCN(CC)CC)[C@@]2(C)O1. The van der Waals surface area contributed by atoms with Crippen molar-refractivity contribution in [3.8, 4) is 0 Å². The molecular formula is C33H59NO7Si. The van der Waals surface area contributed by atoms with Crippen LogP contribution in [0.1, 0.15) is 94.9 Å². The highest BCUT2D eigenvalue weighted by Crippen LogP contribution is 2.68. The van der Waals surface area contributed by atoms with Crippen LogP contribution in [0.2, 0.25) is 18.1 Å². The fourth-order valence-electron chi connectivity index (χ4n) is 8.16. The summed E-state index contributed by atoms with van der Waals surface area (Å²) in [7, 11) is -2.38. The Hall–Kier alpha value is -1.10. The Balaban J connectivity index is 2.22. The van der Waals surface area contributed by atoms with Crippen molar-refractivity contribution in [2.75, 3.05) is 19.6 Å². The van der Waals surface area contributed by atoms with E-state index in [9.17, 15) is 19.8 Å². The van der Waals surface area contributed by atoms with Crippen LogP contribution in [0.3, 0.4) is 0 Å². The first-order chi connectivity index (χ1) is 19.0. The minimum Gasteiger partial charge on any atom is -0.456 e. The van der Waals surface area contributed by atoms with Crippen LogP contribution < -0.4 is 0 Å². The van der Waals surface area contributed by atoms with Gasteiger partial charge in [0.1, 0.15) is 5.60 Å². The molecule has 1 saturated heterocycles. The molecule has 42 heavy (non-hydrogen) atoms. The number of carbonyl (C=O) groups excluding carboxylic acids is 2. The summed E-state index contributed by atoms with van der Waals surface area (Å²) >= 11 is 0. The second-order valence-electron chi connectivity index (χ2n) is 15.9. The number of Topliss-reactive ketones (excluding diaryl/α,β-unsaturated/α-hetero) is 1. The fourth-order valence-corrected chi connectivity index (χ4v) is 9.59. The standard InChI is InChI=1S/C33H59NO7Si/c1-14-30(9)21-22(35)33(38)31(10)23(40-42(12,13)28(4,5)6)17-19-29(7,8)26(31)25(37)27(32(33,11)41-30)39-24(36)18-20-34(15-2)16-3/h14,23,25-27,37-38H,1,15-21H2,2-13H3/t23-,25-,26-,27-,30-,31-,32+,33-/m0/s1. The monoisotopic (exact) mass is 609 g/mol. The third-order valence-corrected chi connectivity index (χ3v) is 16.2. The first kappa shape index (κ1) is 35.4. The molecule has 9 heteroatoms. The number of ketones is 1. The molecule has 0 aromatic rings. The number of esters is 1. The van der Waals surface area contributed by atoms with Crippen molar-refractivity contribution in [3.63, 3.8) is 0 Å². The summed E-state index contributed by atoms with van der Waals surface area (Å²) in [5.74, 6) is -1.51. The van der Waals surface area contributed by atoms with Gasteiger partial charge < -0.3 is 29.0 Å². The molecule has 0 spiro atoms. The topological polar surface area (TPSA) is 106 Å². The average Bonchev–Trinajstić information content (AvgIpc) is 2.86. The van der Waals surface area contributed by atoms with Crippen LogP contribution >= 0.6 is 0 Å². The molecular weight excluding hydrogens is 550 g/mol. The van der Waals surface area contributed by atoms with Crippen LogP contribution in [0.25, 0.3) is 0 Å². The van der Waals surface area contributed by atoms with Gasteiger partial charge in [0.05, 0.1) is 24.2 Å². The maximum Gasteiger partial charge on any atom is 0.307 e. The number of fused-ring (bicyclic) bond motifs is 3. The Morgan fingerprint density at radius 1 is 1.17 bits per heavy atom. The van der Waals surface area contributed by atoms with Gasteiger partial charge in [-0.25, -0.2) is 0 Å². The molecule has 2 N–H and O–H groups in total. The summed E-state index contributed by atoms with van der Waals surface area (Å²) in [5.41, 5.74) is -6.72. The summed E-state index contributed by atoms with van der Waals surface area (Å²) in [6.45, 7) is 30.3. The van der Waals surface area contributed by atoms with Crippen LogP contribution in [-0.4, -0.2) is 89.9 Å². The van der Waals surface area contributed by atoms with Gasteiger partial charge >= 0.3 is 5.97 Å². The molecule has 8 nitrogen and oxygen atoms in total. The first-order valence-electron chi connectivity index (χ1n) is 15.9. The Morgan fingerprint density at radius 3 is 2.24 bits per heavy atom. The number of hydrogen-bond donors (Lipinski definition) is 2. The van der Waals surface area contributed by atoms with E-state index in [1.54, 1.807) is 19.9 Å². The molecule has 2 saturated carbocycles. The largest absolute Gasteiger partial charge is 0.456 e. The van der Waals surface area contributed by atoms with Crippen molar-refractivity contribution < 1.29 is 33.7 Å². The van der Waals surface area contributed by atoms with E-state index in [-0.39, 0.29) is 17.9 Å². The third kappa shape index (κ3) is 5.38. The zero-order chi connectivity index (χ0) is 32.3. The summed E-state index contributed by atoms with van der Waals surface area (Å²) in [6, 6.07) is 0. The Labute approximate surface area is 255 Å². The van der Waals surface area contributed by atoms with Crippen LogP contribution in [0, 0.1) is 16.7 Å². The van der Waals surface area contributed by atoms with E-state index in [0.29, 0.717) is 13.0 Å². The summed E-state index contributed by atoms with van der Waals surface area (Å²) < 4.78 is 19.9. The van der Waals surface area contributed by atoms with Gasteiger partial charge in [-0.15, -0.1) is 6.58 Å². The minimum atomic E-state index is -2.38. The number of nitrogens with zero attached hydrogens (tertiary/aromatic N) is 1. The molecule has 1 aliphatic heterocycles. The van der Waals surface area contributed by atoms with Crippen molar-refractivity contribution in [1.82, 2.24) is 4.90 Å². The summed E-state index contributed by atoms with van der Waals surface area (Å²) in [6.07, 6.45) is -0.0700. The van der Waals surface area contributed by atoms with Crippen molar-refractivity contribution in [3.05, 3.63) is 12.7 Å². The van der Waals surface area contributed by atoms with Gasteiger partial charge in [-0.1, -0.05) is 61.5 Å². The van der Waals surface area contributed by atoms with Crippen LogP contribution in [0.4, 0.5) is 0 Å². The lowest BCUT2D eigenvalue weighted by atomic mass is 9.40. The second-order valence-corrected chi connectivity index (χ2v) is 20.6. The van der Waals surface area contributed by atoms with Gasteiger partial charge in [0.15, 0.2) is 25.8 Å². The molecule has 0 unspecified atom stereocenters. The predicted octanol–water partition coefficient (Wildman–Crippen LogP) is 5.26. The highest BCUT2D eigenvalue weighted by Gasteiger charge is 2.81. The summed E-state index contributed by atoms with van der Waals surface area (Å²) in [4.78, 5) is 30.0. The predicted molar refractivity (Wildman–Crippen MR) is 168 cm³/mol. The molecule has 3 aliphatic rings. The van der Waals surface area contributed by atoms with Gasteiger partial charge in [-0.2, -0.15) is 0 Å². The van der Waals surface area contributed by atoms with Gasteiger partial charge in [0.2, 0.25) is 0 Å². The molecule has 0 radical (unpaired) electrons. The van der Waals surface area contributed by atoms with Gasteiger partial charge in [0, 0.05) is 24.3 Å². The highest BCUT2D eigenvalue weighted by atomic mass is 28.4. The normalized spacial score (nSPS) is 40.3. The van der Waals surface area contributed by atoms with E-state index in [0.717, 1.165) is 19.5 Å². The minimum absolute atomic E-state index is 0.0864. The highest BCUT2D eigenvalue weighted by molar-refractivity contribution is 6.74. The summed E-state index contributed by atoms with van der Waals surface area (Å²) in [5, 5.41) is 25.4. The Morgan fingerprint density at radius 2 is 1.74 bits per heavy atom. The molecule has 0 bridgehead atoms. The van der Waals surface area contributed by atoms with Gasteiger partial charge in [0.25, 0.3) is 0 Å². The average molecular weight is 610 g/mol. The van der Waals surface area contributed by atoms with Crippen LogP contribution in [0.15, 0.2) is 12.7 Å². The van der Waals surface area contributed by atoms with E-state index in [1.807, 2.05) is 20.8 Å². The lowest BCUT2D eigenvalue weighted by Gasteiger charge is -2.72. The van der Waals surface area contributed by atoms with E-state index in [4.69, 9.17) is 13.9 Å². The lowest BCUT2D eigenvalue weighted by Crippen LogP contribution is -2.87. The molecule has 1 heterocycles. The number of aliphatic hydroxyl groups is 2. The van der Waals surface area contributed by atoms with E-state index in [2.05, 4.69) is 59.2 Å². The fraction of sp³-hybridized carbons (Fsp3) is 0.879. The Bertz CT molecular complexity index is 1050. The number of carbonyl (C=O) groups is 2. The van der Waals surface area contributed by atoms with Crippen molar-refractivity contribution >= 4 is 20.1 Å². The molecule has 3 rings (SSSR count). The van der Waals surface area contributed by atoms with Crippen molar-refractivity contribution in [2.24, 2.45) is 16.7 Å².